The zero-order valence-electron chi connectivity index (χ0n) is 14.9. The SMILES string of the molecule is CC[C@@H](C)Oc1ccc(C=Nc2cc(C(=O)OC)ccc2C)cc1Cl. The predicted octanol–water partition coefficient (Wildman–Crippen LogP) is 5.36. The van der Waals surface area contributed by atoms with Crippen molar-refractivity contribution in [1.82, 2.24) is 0 Å². The van der Waals surface area contributed by atoms with Crippen molar-refractivity contribution in [3.05, 3.63) is 58.1 Å². The molecule has 5 heteroatoms. The molecule has 0 bridgehead atoms. The van der Waals surface area contributed by atoms with Crippen molar-refractivity contribution in [3.63, 3.8) is 0 Å². The minimum atomic E-state index is -0.383. The number of nitrogens with zero attached hydrogens (tertiary/aromatic N) is 1. The molecule has 0 spiro atoms. The quantitative estimate of drug-likeness (QED) is 0.515. The largest absolute Gasteiger partial charge is 0.489 e. The van der Waals surface area contributed by atoms with E-state index in [0.29, 0.717) is 22.0 Å². The summed E-state index contributed by atoms with van der Waals surface area (Å²) < 4.78 is 10.5. The van der Waals surface area contributed by atoms with Crippen LogP contribution in [-0.2, 0) is 4.74 Å². The fourth-order valence-electron chi connectivity index (χ4n) is 2.13. The van der Waals surface area contributed by atoms with E-state index < -0.39 is 0 Å². The molecular weight excluding hydrogens is 338 g/mol. The minimum Gasteiger partial charge on any atom is -0.489 e. The van der Waals surface area contributed by atoms with Crippen LogP contribution in [0, 0.1) is 6.92 Å². The van der Waals surface area contributed by atoms with Crippen molar-refractivity contribution < 1.29 is 14.3 Å². The van der Waals surface area contributed by atoms with Crippen molar-refractivity contribution in [3.8, 4) is 5.75 Å². The first kappa shape index (κ1) is 19.0. The van der Waals surface area contributed by atoms with Crippen molar-refractivity contribution in [1.29, 1.82) is 0 Å². The Bertz CT molecular complexity index is 787. The molecule has 0 saturated heterocycles. The molecule has 0 fully saturated rings. The van der Waals surface area contributed by atoms with Gasteiger partial charge in [0.15, 0.2) is 0 Å². The highest BCUT2D eigenvalue weighted by atomic mass is 35.5. The molecule has 0 amide bonds. The first-order chi connectivity index (χ1) is 11.9. The van der Waals surface area contributed by atoms with Crippen molar-refractivity contribution >= 4 is 29.5 Å². The molecule has 0 heterocycles. The number of aliphatic imine (C=N–C) groups is 1. The Morgan fingerprint density at radius 1 is 1.28 bits per heavy atom. The Kier molecular flexibility index (Phi) is 6.59. The van der Waals surface area contributed by atoms with Crippen LogP contribution in [0.25, 0.3) is 0 Å². The average molecular weight is 360 g/mol. The molecule has 25 heavy (non-hydrogen) atoms. The van der Waals surface area contributed by atoms with Crippen molar-refractivity contribution in [2.75, 3.05) is 7.11 Å². The van der Waals surface area contributed by atoms with E-state index in [1.165, 1.54) is 7.11 Å². The van der Waals surface area contributed by atoms with E-state index in [1.54, 1.807) is 18.3 Å². The van der Waals surface area contributed by atoms with Gasteiger partial charge in [0.2, 0.25) is 0 Å². The predicted molar refractivity (Wildman–Crippen MR) is 102 cm³/mol. The molecule has 2 rings (SSSR count). The lowest BCUT2D eigenvalue weighted by atomic mass is 10.1. The van der Waals surface area contributed by atoms with Crippen LogP contribution in [0.5, 0.6) is 5.75 Å². The number of aryl methyl sites for hydroxylation is 1. The summed E-state index contributed by atoms with van der Waals surface area (Å²) in [5, 5.41) is 0.546. The van der Waals surface area contributed by atoms with Crippen molar-refractivity contribution in [2.45, 2.75) is 33.3 Å². The van der Waals surface area contributed by atoms with Crippen LogP contribution in [0.4, 0.5) is 5.69 Å². The summed E-state index contributed by atoms with van der Waals surface area (Å²) in [5.74, 6) is 0.281. The van der Waals surface area contributed by atoms with Gasteiger partial charge in [-0.1, -0.05) is 24.6 Å². The molecular formula is C20H22ClNO3. The highest BCUT2D eigenvalue weighted by molar-refractivity contribution is 6.32. The van der Waals surface area contributed by atoms with E-state index in [2.05, 4.69) is 11.9 Å². The van der Waals surface area contributed by atoms with Gasteiger partial charge in [0.25, 0.3) is 0 Å². The first-order valence-corrected chi connectivity index (χ1v) is 8.51. The molecule has 2 aromatic rings. The van der Waals surface area contributed by atoms with Crippen LogP contribution in [0.2, 0.25) is 5.02 Å². The number of hydrogen-bond donors (Lipinski definition) is 0. The Morgan fingerprint density at radius 3 is 2.68 bits per heavy atom. The molecule has 0 N–H and O–H groups in total. The molecule has 0 saturated carbocycles. The zero-order chi connectivity index (χ0) is 18.4. The summed E-state index contributed by atoms with van der Waals surface area (Å²) in [6.45, 7) is 6.00. The number of benzene rings is 2. The van der Waals surface area contributed by atoms with Crippen LogP contribution < -0.4 is 4.74 Å². The molecule has 0 unspecified atom stereocenters. The number of hydrogen-bond acceptors (Lipinski definition) is 4. The average Bonchev–Trinajstić information content (AvgIpc) is 2.62. The summed E-state index contributed by atoms with van der Waals surface area (Å²) in [6.07, 6.45) is 2.73. The summed E-state index contributed by atoms with van der Waals surface area (Å²) >= 11 is 6.28. The van der Waals surface area contributed by atoms with Gasteiger partial charge >= 0.3 is 5.97 Å². The number of carbonyl (C=O) groups is 1. The molecule has 0 aliphatic rings. The van der Waals surface area contributed by atoms with Gasteiger partial charge in [-0.15, -0.1) is 0 Å². The Labute approximate surface area is 153 Å². The van der Waals surface area contributed by atoms with E-state index in [4.69, 9.17) is 21.1 Å². The highest BCUT2D eigenvalue weighted by Gasteiger charge is 2.08. The van der Waals surface area contributed by atoms with Gasteiger partial charge in [-0.2, -0.15) is 0 Å². The van der Waals surface area contributed by atoms with Gasteiger partial charge in [0.1, 0.15) is 5.75 Å². The number of ether oxygens (including phenoxy) is 2. The highest BCUT2D eigenvalue weighted by Crippen LogP contribution is 2.27. The van der Waals surface area contributed by atoms with Crippen LogP contribution in [0.1, 0.15) is 41.8 Å². The van der Waals surface area contributed by atoms with Gasteiger partial charge < -0.3 is 9.47 Å². The molecule has 132 valence electrons. The Morgan fingerprint density at radius 2 is 2.04 bits per heavy atom. The molecule has 0 aromatic heterocycles. The lowest BCUT2D eigenvalue weighted by Crippen LogP contribution is -2.09. The standard InChI is InChI=1S/C20H22ClNO3/c1-5-14(3)25-19-9-7-15(10-17(19)21)12-22-18-11-16(20(23)24-4)8-6-13(18)2/h6-12,14H,5H2,1-4H3/t14-/m1/s1. The normalized spacial score (nSPS) is 12.2. The summed E-state index contributed by atoms with van der Waals surface area (Å²) in [5.41, 5.74) is 2.99. The fraction of sp³-hybridized carbons (Fsp3) is 0.300. The molecule has 2 aromatic carbocycles. The van der Waals surface area contributed by atoms with E-state index in [9.17, 15) is 4.79 Å². The van der Waals surface area contributed by atoms with E-state index in [0.717, 1.165) is 17.5 Å². The van der Waals surface area contributed by atoms with Crippen LogP contribution in [-0.4, -0.2) is 25.4 Å². The summed E-state index contributed by atoms with van der Waals surface area (Å²) in [7, 11) is 1.36. The fourth-order valence-corrected chi connectivity index (χ4v) is 2.36. The second-order valence-corrected chi connectivity index (χ2v) is 6.18. The van der Waals surface area contributed by atoms with E-state index in [-0.39, 0.29) is 12.1 Å². The smallest absolute Gasteiger partial charge is 0.337 e. The first-order valence-electron chi connectivity index (χ1n) is 8.13. The number of halogens is 1. The Balaban J connectivity index is 2.22. The molecule has 4 nitrogen and oxygen atoms in total. The van der Waals surface area contributed by atoms with E-state index >= 15 is 0 Å². The van der Waals surface area contributed by atoms with Crippen molar-refractivity contribution in [2.24, 2.45) is 4.99 Å². The number of esters is 1. The molecule has 0 radical (unpaired) electrons. The summed E-state index contributed by atoms with van der Waals surface area (Å²) in [6, 6.07) is 10.8. The van der Waals surface area contributed by atoms with Gasteiger partial charge in [0, 0.05) is 6.21 Å². The maximum atomic E-state index is 11.6. The maximum Gasteiger partial charge on any atom is 0.337 e. The third-order valence-electron chi connectivity index (χ3n) is 3.84. The minimum absolute atomic E-state index is 0.112. The van der Waals surface area contributed by atoms with E-state index in [1.807, 2.05) is 38.1 Å². The second kappa shape index (κ2) is 8.67. The van der Waals surface area contributed by atoms with Gasteiger partial charge in [-0.25, -0.2) is 4.79 Å². The number of rotatable bonds is 6. The number of methoxy groups -OCH3 is 1. The van der Waals surface area contributed by atoms with Gasteiger partial charge in [-0.05, 0) is 61.7 Å². The zero-order valence-corrected chi connectivity index (χ0v) is 15.6. The molecule has 0 aliphatic heterocycles. The van der Waals surface area contributed by atoms with Gasteiger partial charge in [-0.3, -0.25) is 4.99 Å². The second-order valence-electron chi connectivity index (χ2n) is 5.78. The third-order valence-corrected chi connectivity index (χ3v) is 4.14. The lowest BCUT2D eigenvalue weighted by Gasteiger charge is -2.13. The van der Waals surface area contributed by atoms with Crippen LogP contribution in [0.15, 0.2) is 41.4 Å². The molecule has 0 aliphatic carbocycles. The molecule has 1 atom stereocenters. The topological polar surface area (TPSA) is 47.9 Å². The monoisotopic (exact) mass is 359 g/mol. The van der Waals surface area contributed by atoms with Crippen LogP contribution >= 0.6 is 11.6 Å². The third kappa shape index (κ3) is 5.07. The van der Waals surface area contributed by atoms with Gasteiger partial charge in [0.05, 0.1) is 29.5 Å². The lowest BCUT2D eigenvalue weighted by molar-refractivity contribution is 0.0601. The Hall–Kier alpha value is -2.33. The summed E-state index contributed by atoms with van der Waals surface area (Å²) in [4.78, 5) is 16.1. The maximum absolute atomic E-state index is 11.6. The van der Waals surface area contributed by atoms with Crippen LogP contribution in [0.3, 0.4) is 0 Å². The number of carbonyl (C=O) groups excluding carboxylic acids is 1.